The summed E-state index contributed by atoms with van der Waals surface area (Å²) in [6.45, 7) is 30.8. The maximum absolute atomic E-state index is 14.5. The van der Waals surface area contributed by atoms with E-state index in [0.29, 0.717) is 32.7 Å². The molecule has 1 aromatic rings. The normalized spacial score (nSPS) is 19.4. The van der Waals surface area contributed by atoms with Gasteiger partial charge in [0.25, 0.3) is 0 Å². The molecule has 0 aromatic heterocycles. The van der Waals surface area contributed by atoms with E-state index in [4.69, 9.17) is 37.6 Å². The molecule has 0 radical (unpaired) electrons. The van der Waals surface area contributed by atoms with Crippen LogP contribution in [0.25, 0.3) is 0 Å². The lowest BCUT2D eigenvalue weighted by Crippen LogP contribution is -2.66. The molecule has 0 spiro atoms. The molecule has 7 atom stereocenters. The van der Waals surface area contributed by atoms with Gasteiger partial charge in [0, 0.05) is 29.4 Å². The highest BCUT2D eigenvalue weighted by Crippen LogP contribution is 2.37. The summed E-state index contributed by atoms with van der Waals surface area (Å²) in [5, 5.41) is 15.4. The maximum atomic E-state index is 14.5. The quantitative estimate of drug-likeness (QED) is 0.0279. The summed E-state index contributed by atoms with van der Waals surface area (Å²) in [4.78, 5) is 28.9. The second-order valence-corrected chi connectivity index (χ2v) is 42.1. The van der Waals surface area contributed by atoms with Crippen molar-refractivity contribution in [2.24, 2.45) is 0 Å². The van der Waals surface area contributed by atoms with Crippen molar-refractivity contribution in [1.82, 2.24) is 5.32 Å². The first-order chi connectivity index (χ1) is 36.0. The van der Waals surface area contributed by atoms with Crippen molar-refractivity contribution in [2.75, 3.05) is 33.4 Å². The molecular formula is C61H117NO11Si3. The number of hydrogen-bond acceptors (Lipinski definition) is 11. The molecule has 0 aliphatic carbocycles. The summed E-state index contributed by atoms with van der Waals surface area (Å²) in [5.41, 5.74) is 1.04. The lowest BCUT2D eigenvalue weighted by molar-refractivity contribution is -0.272. The van der Waals surface area contributed by atoms with Crippen molar-refractivity contribution in [3.63, 3.8) is 0 Å². The van der Waals surface area contributed by atoms with Crippen LogP contribution in [-0.2, 0) is 53.8 Å². The van der Waals surface area contributed by atoms with Crippen LogP contribution in [0.2, 0.25) is 69.5 Å². The third-order valence-electron chi connectivity index (χ3n) is 15.3. The van der Waals surface area contributed by atoms with Crippen LogP contribution in [0.4, 0.5) is 0 Å². The lowest BCUT2D eigenvalue weighted by atomic mass is 9.96. The first-order valence-electron chi connectivity index (χ1n) is 30.6. The van der Waals surface area contributed by atoms with E-state index in [1.54, 1.807) is 0 Å². The van der Waals surface area contributed by atoms with Gasteiger partial charge < -0.3 is 48.0 Å². The number of unbranched alkanes of at least 4 members (excludes halogenated alkanes) is 18. The Hall–Kier alpha value is -1.51. The number of amides is 1. The molecular weight excluding hydrogens is 1010 g/mol. The van der Waals surface area contributed by atoms with Gasteiger partial charge in [-0.05, 0) is 48.6 Å². The van der Waals surface area contributed by atoms with Gasteiger partial charge in [-0.25, -0.2) is 0 Å². The predicted octanol–water partition coefficient (Wildman–Crippen LogP) is 15.5. The molecule has 2 N–H and O–H groups in total. The summed E-state index contributed by atoms with van der Waals surface area (Å²) < 4.78 is 50.9. The molecule has 76 heavy (non-hydrogen) atoms. The molecule has 1 fully saturated rings. The topological polar surface area (TPSA) is 140 Å². The molecule has 0 bridgehead atoms. The Kier molecular flexibility index (Phi) is 37.0. The van der Waals surface area contributed by atoms with Gasteiger partial charge in [0.2, 0.25) is 5.91 Å². The molecule has 2 rings (SSSR count). The number of rotatable bonds is 46. The number of carbonyl (C=O) groups is 2. The lowest BCUT2D eigenvalue weighted by Gasteiger charge is -2.45. The Morgan fingerprint density at radius 3 is 1.62 bits per heavy atom. The number of esters is 1. The van der Waals surface area contributed by atoms with Crippen LogP contribution >= 0.6 is 0 Å². The largest absolute Gasteiger partial charge is 0.457 e. The fraction of sp³-hybridized carbons (Fsp3) is 0.869. The number of aliphatic hydroxyl groups is 1. The van der Waals surface area contributed by atoms with E-state index in [1.807, 2.05) is 30.3 Å². The van der Waals surface area contributed by atoms with Crippen LogP contribution in [0.15, 0.2) is 30.3 Å². The van der Waals surface area contributed by atoms with Crippen LogP contribution in [0.1, 0.15) is 194 Å². The van der Waals surface area contributed by atoms with Gasteiger partial charge in [-0.1, -0.05) is 233 Å². The Morgan fingerprint density at radius 2 is 1.12 bits per heavy atom. The molecule has 0 saturated carbocycles. The zero-order chi connectivity index (χ0) is 56.3. The van der Waals surface area contributed by atoms with E-state index in [-0.39, 0.29) is 50.1 Å². The molecule has 1 heterocycles. The maximum Gasteiger partial charge on any atom is 0.308 e. The minimum atomic E-state index is -2.31. The van der Waals surface area contributed by atoms with Gasteiger partial charge in [-0.2, -0.15) is 0 Å². The standard InChI is InChI=1S/C61H117NO11Si3/c1-14-16-18-20-22-24-25-27-29-31-36-40-53(70-50-67-47-51-37-33-32-34-38-51)46-56(64)73-59-57(60(68-42-44-75(9,10)11)72-54(58(59)65)48-71-76(12,13)61(3,4)5)62-55(63)45-52(69-49-66-41-43-74(6,7)8)39-35-30-28-26-23-21-19-17-15-2/h32-34,37-38,52-54,57-60,65H,14-31,35-36,39-50H2,1-13H3,(H,62,63)/t52?,53?,54-,57-,58-,59-,60-/m1/s1. The second kappa shape index (κ2) is 39.8. The second-order valence-electron chi connectivity index (χ2n) is 26.0. The van der Waals surface area contributed by atoms with E-state index < -0.39 is 67.2 Å². The average molecular weight is 1120 g/mol. The van der Waals surface area contributed by atoms with Crippen molar-refractivity contribution in [3.05, 3.63) is 35.9 Å². The summed E-state index contributed by atoms with van der Waals surface area (Å²) >= 11 is 0. The Morgan fingerprint density at radius 1 is 0.645 bits per heavy atom. The van der Waals surface area contributed by atoms with Crippen molar-refractivity contribution in [1.29, 1.82) is 0 Å². The third-order valence-corrected chi connectivity index (χ3v) is 23.2. The van der Waals surface area contributed by atoms with E-state index >= 15 is 0 Å². The van der Waals surface area contributed by atoms with Crippen molar-refractivity contribution in [2.45, 2.75) is 308 Å². The zero-order valence-electron chi connectivity index (χ0n) is 51.1. The van der Waals surface area contributed by atoms with Crippen molar-refractivity contribution < 1.29 is 52.3 Å². The average Bonchev–Trinajstić information content (AvgIpc) is 3.34. The smallest absolute Gasteiger partial charge is 0.308 e. The molecule has 1 aromatic carbocycles. The van der Waals surface area contributed by atoms with Gasteiger partial charge >= 0.3 is 5.97 Å². The number of benzene rings is 1. The van der Waals surface area contributed by atoms with E-state index in [9.17, 15) is 14.7 Å². The van der Waals surface area contributed by atoms with Crippen LogP contribution < -0.4 is 5.32 Å². The molecule has 2 unspecified atom stereocenters. The zero-order valence-corrected chi connectivity index (χ0v) is 54.1. The Labute approximate surface area is 468 Å². The summed E-state index contributed by atoms with van der Waals surface area (Å²) in [6, 6.07) is 10.8. The van der Waals surface area contributed by atoms with Crippen molar-refractivity contribution in [3.8, 4) is 0 Å². The minimum absolute atomic E-state index is 0.0228. The molecule has 444 valence electrons. The first-order valence-corrected chi connectivity index (χ1v) is 40.9. The van der Waals surface area contributed by atoms with Gasteiger partial charge in [0.15, 0.2) is 20.7 Å². The molecule has 15 heteroatoms. The van der Waals surface area contributed by atoms with E-state index in [2.05, 4.69) is 92.3 Å². The summed E-state index contributed by atoms with van der Waals surface area (Å²) in [5.74, 6) is -0.832. The number of carbonyl (C=O) groups excluding carboxylic acids is 2. The fourth-order valence-electron chi connectivity index (χ4n) is 8.98. The van der Waals surface area contributed by atoms with Crippen LogP contribution in [0.5, 0.6) is 0 Å². The molecule has 1 aliphatic heterocycles. The van der Waals surface area contributed by atoms with E-state index in [0.717, 1.165) is 56.2 Å². The van der Waals surface area contributed by atoms with Gasteiger partial charge in [-0.3, -0.25) is 9.59 Å². The highest BCUT2D eigenvalue weighted by atomic mass is 28.4. The summed E-state index contributed by atoms with van der Waals surface area (Å²) in [7, 11) is -5.17. The molecule has 1 aliphatic rings. The van der Waals surface area contributed by atoms with Gasteiger partial charge in [0.05, 0.1) is 38.3 Å². The molecule has 12 nitrogen and oxygen atoms in total. The number of ether oxygens (including phenoxy) is 7. The molecule has 1 amide bonds. The van der Waals surface area contributed by atoms with Gasteiger partial charge in [0.1, 0.15) is 31.8 Å². The monoisotopic (exact) mass is 1120 g/mol. The Bertz CT molecular complexity index is 1600. The minimum Gasteiger partial charge on any atom is -0.457 e. The van der Waals surface area contributed by atoms with Gasteiger partial charge in [-0.15, -0.1) is 0 Å². The number of hydrogen-bond donors (Lipinski definition) is 2. The third kappa shape index (κ3) is 33.9. The molecule has 1 saturated heterocycles. The summed E-state index contributed by atoms with van der Waals surface area (Å²) in [6.07, 6.45) is 20.3. The van der Waals surface area contributed by atoms with Crippen LogP contribution in [0.3, 0.4) is 0 Å². The SMILES string of the molecule is CCCCCCCCCCCCCC(CC(=O)O[C@H]1[C@H](O)[C@@H](CO[Si](C)(C)C(C)(C)C)O[C@@H](OCC[Si](C)(C)C)[C@@H]1NC(=O)CC(CCCCCCCCCCC)OCOCC[Si](C)(C)C)OCOCc1ccccc1. The predicted molar refractivity (Wildman–Crippen MR) is 321 cm³/mol. The van der Waals surface area contributed by atoms with Crippen LogP contribution in [-0.4, -0.2) is 118 Å². The van der Waals surface area contributed by atoms with Crippen molar-refractivity contribution >= 4 is 36.3 Å². The van der Waals surface area contributed by atoms with E-state index in [1.165, 1.54) is 89.9 Å². The Balaban J connectivity index is 2.38. The number of nitrogens with one attached hydrogen (secondary N) is 1. The van der Waals surface area contributed by atoms with Crippen LogP contribution in [0, 0.1) is 0 Å². The highest BCUT2D eigenvalue weighted by molar-refractivity contribution is 6.76. The first kappa shape index (κ1) is 70.6. The fourth-order valence-corrected chi connectivity index (χ4v) is 11.5. The number of aliphatic hydroxyl groups excluding tert-OH is 1. The highest BCUT2D eigenvalue weighted by Gasteiger charge is 2.50.